The number of ether oxygens (including phenoxy) is 3. The summed E-state index contributed by atoms with van der Waals surface area (Å²) in [6, 6.07) is 19.6. The smallest absolute Gasteiger partial charge is 0.347 e. The molecule has 0 aliphatic heterocycles. The molecule has 0 amide bonds. The zero-order chi connectivity index (χ0) is 23.6. The van der Waals surface area contributed by atoms with Crippen molar-refractivity contribution in [3.63, 3.8) is 0 Å². The van der Waals surface area contributed by atoms with Gasteiger partial charge in [-0.05, 0) is 80.2 Å². The Bertz CT molecular complexity index is 1100. The number of methoxy groups -OCH3 is 1. The average Bonchev–Trinajstić information content (AvgIpc) is 2.80. The van der Waals surface area contributed by atoms with Crippen LogP contribution in [0.1, 0.15) is 23.6 Å². The van der Waals surface area contributed by atoms with E-state index >= 15 is 0 Å². The van der Waals surface area contributed by atoms with E-state index in [0.717, 1.165) is 32.2 Å². The van der Waals surface area contributed by atoms with Gasteiger partial charge in [0.25, 0.3) is 0 Å². The number of carbonyl (C=O) groups is 1. The predicted molar refractivity (Wildman–Crippen MR) is 134 cm³/mol. The third-order valence-electron chi connectivity index (χ3n) is 4.49. The van der Waals surface area contributed by atoms with Gasteiger partial charge in [-0.3, -0.25) is 0 Å². The number of nitrogens with zero attached hydrogens (tertiary/aromatic N) is 1. The molecule has 0 N–H and O–H groups in total. The Morgan fingerprint density at radius 1 is 1.03 bits per heavy atom. The molecule has 0 radical (unpaired) electrons. The molecule has 0 aliphatic carbocycles. The van der Waals surface area contributed by atoms with Crippen LogP contribution in [0.3, 0.4) is 0 Å². The van der Waals surface area contributed by atoms with Crippen LogP contribution in [0, 0.1) is 0 Å². The standard InChI is InChI=1S/C25H23Br2NO5/c1-3-31-24(29)16-32-28-15-18-12-21(26)25(22(27)13-18)33-20-9-10-23(30-2)19(14-20)11-17-7-5-4-6-8-17/h4-10,12-15H,3,11,16H2,1-2H3/b28-15+. The predicted octanol–water partition coefficient (Wildman–Crippen LogP) is 6.52. The summed E-state index contributed by atoms with van der Waals surface area (Å²) in [4.78, 5) is 16.2. The van der Waals surface area contributed by atoms with Crippen LogP contribution in [0.2, 0.25) is 0 Å². The summed E-state index contributed by atoms with van der Waals surface area (Å²) in [6.07, 6.45) is 2.23. The second-order valence-electron chi connectivity index (χ2n) is 6.86. The molecule has 3 aromatic rings. The number of hydrogen-bond acceptors (Lipinski definition) is 6. The van der Waals surface area contributed by atoms with Gasteiger partial charge in [0, 0.05) is 12.0 Å². The summed E-state index contributed by atoms with van der Waals surface area (Å²) in [7, 11) is 1.66. The van der Waals surface area contributed by atoms with Crippen molar-refractivity contribution < 1.29 is 23.8 Å². The lowest BCUT2D eigenvalue weighted by Gasteiger charge is -2.14. The van der Waals surface area contributed by atoms with Gasteiger partial charge in [-0.15, -0.1) is 0 Å². The third kappa shape index (κ3) is 7.33. The summed E-state index contributed by atoms with van der Waals surface area (Å²) in [5.41, 5.74) is 2.96. The molecule has 0 fully saturated rings. The highest BCUT2D eigenvalue weighted by atomic mass is 79.9. The van der Waals surface area contributed by atoms with Crippen LogP contribution in [0.25, 0.3) is 0 Å². The summed E-state index contributed by atoms with van der Waals surface area (Å²) >= 11 is 7.10. The molecular formula is C25H23Br2NO5. The molecule has 0 bridgehead atoms. The quantitative estimate of drug-likeness (QED) is 0.156. The molecule has 0 atom stereocenters. The Balaban J connectivity index is 1.74. The van der Waals surface area contributed by atoms with Crippen molar-refractivity contribution in [3.8, 4) is 17.2 Å². The van der Waals surface area contributed by atoms with Gasteiger partial charge in [-0.1, -0.05) is 35.5 Å². The van der Waals surface area contributed by atoms with Gasteiger partial charge in [0.15, 0.2) is 5.75 Å². The molecule has 3 rings (SSSR count). The first kappa shape index (κ1) is 24.8. The molecule has 0 saturated carbocycles. The molecule has 0 saturated heterocycles. The first-order valence-corrected chi connectivity index (χ1v) is 11.8. The number of halogens is 2. The Hall–Kier alpha value is -2.84. The fourth-order valence-electron chi connectivity index (χ4n) is 3.03. The van der Waals surface area contributed by atoms with Crippen molar-refractivity contribution in [1.29, 1.82) is 0 Å². The topological polar surface area (TPSA) is 66.4 Å². The zero-order valence-corrected chi connectivity index (χ0v) is 21.4. The number of benzene rings is 3. The van der Waals surface area contributed by atoms with Crippen LogP contribution in [0.15, 0.2) is 74.8 Å². The lowest BCUT2D eigenvalue weighted by atomic mass is 10.0. The van der Waals surface area contributed by atoms with Gasteiger partial charge in [-0.2, -0.15) is 0 Å². The minimum Gasteiger partial charge on any atom is -0.496 e. The van der Waals surface area contributed by atoms with Crippen molar-refractivity contribution in [1.82, 2.24) is 0 Å². The molecule has 33 heavy (non-hydrogen) atoms. The Morgan fingerprint density at radius 3 is 2.42 bits per heavy atom. The fraction of sp³-hybridized carbons (Fsp3) is 0.200. The highest BCUT2D eigenvalue weighted by Crippen LogP contribution is 2.38. The van der Waals surface area contributed by atoms with Gasteiger partial charge in [-0.25, -0.2) is 4.79 Å². The van der Waals surface area contributed by atoms with E-state index in [1.807, 2.05) is 48.5 Å². The van der Waals surface area contributed by atoms with Crippen LogP contribution >= 0.6 is 31.9 Å². The van der Waals surface area contributed by atoms with E-state index in [1.54, 1.807) is 14.0 Å². The maximum atomic E-state index is 11.3. The maximum absolute atomic E-state index is 11.3. The number of carbonyl (C=O) groups excluding carboxylic acids is 1. The van der Waals surface area contributed by atoms with E-state index in [-0.39, 0.29) is 6.61 Å². The van der Waals surface area contributed by atoms with Crippen LogP contribution < -0.4 is 9.47 Å². The van der Waals surface area contributed by atoms with Crippen molar-refractivity contribution in [2.75, 3.05) is 20.3 Å². The van der Waals surface area contributed by atoms with Crippen molar-refractivity contribution in [2.45, 2.75) is 13.3 Å². The summed E-state index contributed by atoms with van der Waals surface area (Å²) in [5, 5.41) is 3.81. The summed E-state index contributed by atoms with van der Waals surface area (Å²) < 4.78 is 17.9. The van der Waals surface area contributed by atoms with Gasteiger partial charge >= 0.3 is 5.97 Å². The van der Waals surface area contributed by atoms with E-state index in [0.29, 0.717) is 18.1 Å². The van der Waals surface area contributed by atoms with E-state index in [9.17, 15) is 4.79 Å². The highest BCUT2D eigenvalue weighted by Gasteiger charge is 2.12. The van der Waals surface area contributed by atoms with Gasteiger partial charge in [0.2, 0.25) is 6.61 Å². The first-order valence-electron chi connectivity index (χ1n) is 10.2. The monoisotopic (exact) mass is 575 g/mol. The van der Waals surface area contributed by atoms with Crippen LogP contribution in [0.4, 0.5) is 0 Å². The number of hydrogen-bond donors (Lipinski definition) is 0. The molecule has 172 valence electrons. The number of esters is 1. The van der Waals surface area contributed by atoms with Crippen molar-refractivity contribution in [2.24, 2.45) is 5.16 Å². The Labute approximate surface area is 209 Å². The van der Waals surface area contributed by atoms with E-state index in [4.69, 9.17) is 19.0 Å². The zero-order valence-electron chi connectivity index (χ0n) is 18.2. The molecule has 6 nitrogen and oxygen atoms in total. The SMILES string of the molecule is CCOC(=O)CO/N=C/c1cc(Br)c(Oc2ccc(OC)c(Cc3ccccc3)c2)c(Br)c1. The molecule has 3 aromatic carbocycles. The molecule has 0 spiro atoms. The van der Waals surface area contributed by atoms with Crippen LogP contribution in [-0.2, 0) is 20.8 Å². The molecule has 8 heteroatoms. The second kappa shape index (κ2) is 12.4. The molecule has 0 unspecified atom stereocenters. The number of rotatable bonds is 10. The molecular weight excluding hydrogens is 554 g/mol. The van der Waals surface area contributed by atoms with E-state index in [2.05, 4.69) is 49.1 Å². The van der Waals surface area contributed by atoms with Gasteiger partial charge in [0.1, 0.15) is 11.5 Å². The Kier molecular flexibility index (Phi) is 9.33. The normalized spacial score (nSPS) is 10.8. The lowest BCUT2D eigenvalue weighted by Crippen LogP contribution is -2.10. The maximum Gasteiger partial charge on any atom is 0.347 e. The second-order valence-corrected chi connectivity index (χ2v) is 8.57. The minimum absolute atomic E-state index is 0.239. The van der Waals surface area contributed by atoms with Gasteiger partial charge < -0.3 is 19.0 Å². The first-order chi connectivity index (χ1) is 16.0. The lowest BCUT2D eigenvalue weighted by molar-refractivity contribution is -0.148. The minimum atomic E-state index is -0.466. The molecule has 0 aliphatic rings. The van der Waals surface area contributed by atoms with E-state index < -0.39 is 5.97 Å². The molecule has 0 heterocycles. The van der Waals surface area contributed by atoms with Crippen LogP contribution in [-0.4, -0.2) is 32.5 Å². The fourth-order valence-corrected chi connectivity index (χ4v) is 4.42. The van der Waals surface area contributed by atoms with Crippen LogP contribution in [0.5, 0.6) is 17.2 Å². The van der Waals surface area contributed by atoms with E-state index in [1.165, 1.54) is 11.8 Å². The largest absolute Gasteiger partial charge is 0.496 e. The highest BCUT2D eigenvalue weighted by molar-refractivity contribution is 9.11. The van der Waals surface area contributed by atoms with Crippen molar-refractivity contribution >= 4 is 44.0 Å². The van der Waals surface area contributed by atoms with Gasteiger partial charge in [0.05, 0.1) is 28.9 Å². The third-order valence-corrected chi connectivity index (χ3v) is 5.67. The molecule has 0 aromatic heterocycles. The summed E-state index contributed by atoms with van der Waals surface area (Å²) in [5.74, 6) is 1.64. The average molecular weight is 577 g/mol. The number of oxime groups is 1. The summed E-state index contributed by atoms with van der Waals surface area (Å²) in [6.45, 7) is 1.79. The van der Waals surface area contributed by atoms with Crippen molar-refractivity contribution in [3.05, 3.63) is 86.3 Å². The Morgan fingerprint density at radius 2 is 1.76 bits per heavy atom.